The summed E-state index contributed by atoms with van der Waals surface area (Å²) < 4.78 is 10.0. The van der Waals surface area contributed by atoms with E-state index in [1.807, 2.05) is 25.1 Å². The second-order valence-electron chi connectivity index (χ2n) is 2.48. The van der Waals surface area contributed by atoms with Crippen molar-refractivity contribution in [3.63, 3.8) is 0 Å². The molecule has 0 saturated carbocycles. The molecule has 0 aliphatic carbocycles. The molecule has 0 fully saturated rings. The zero-order valence-electron chi connectivity index (χ0n) is 7.47. The topological polar surface area (TPSA) is 70.4 Å². The summed E-state index contributed by atoms with van der Waals surface area (Å²) in [6.45, 7) is 2.03. The van der Waals surface area contributed by atoms with E-state index in [1.54, 1.807) is 11.3 Å². The molecule has 0 aliphatic rings. The van der Waals surface area contributed by atoms with Gasteiger partial charge in [-0.05, 0) is 19.1 Å². The Morgan fingerprint density at radius 1 is 1.36 bits per heavy atom. The number of para-hydroxylation sites is 1. The molecule has 0 spiro atoms. The van der Waals surface area contributed by atoms with E-state index >= 15 is 0 Å². The van der Waals surface area contributed by atoms with Crippen molar-refractivity contribution >= 4 is 29.8 Å². The van der Waals surface area contributed by atoms with Crippen LogP contribution in [0.2, 0.25) is 0 Å². The van der Waals surface area contributed by atoms with Crippen molar-refractivity contribution in [3.8, 4) is 0 Å². The minimum atomic E-state index is -3.13. The fourth-order valence-electron chi connectivity index (χ4n) is 0.987. The average Bonchev–Trinajstić information content (AvgIpc) is 2.42. The summed E-state index contributed by atoms with van der Waals surface area (Å²) in [7, 11) is -3.13. The summed E-state index contributed by atoms with van der Waals surface area (Å²) in [6.07, 6.45) is 0. The molecule has 2 aromatic rings. The van der Waals surface area contributed by atoms with Gasteiger partial charge in [-0.1, -0.05) is 12.1 Å². The molecule has 0 radical (unpaired) electrons. The first-order chi connectivity index (χ1) is 6.59. The summed E-state index contributed by atoms with van der Waals surface area (Å²) in [4.78, 5) is 18.6. The number of rotatable bonds is 0. The van der Waals surface area contributed by atoms with Crippen molar-refractivity contribution in [2.45, 2.75) is 6.92 Å². The highest BCUT2D eigenvalue weighted by Gasteiger charge is 1.95. The summed E-state index contributed by atoms with van der Waals surface area (Å²) in [5.41, 5.74) is 1.12. The van der Waals surface area contributed by atoms with Gasteiger partial charge in [-0.2, -0.15) is 0 Å². The normalized spacial score (nSPS) is 10.0. The molecular formula is C8H10NO3PS. The Balaban J connectivity index is 0.000000213. The molecule has 0 bridgehead atoms. The van der Waals surface area contributed by atoms with Gasteiger partial charge in [-0.3, -0.25) is 4.57 Å². The third-order valence-electron chi connectivity index (χ3n) is 1.40. The standard InChI is InChI=1S/C8H7NS.H3O3P/c1-6-9-7-4-2-3-5-8(7)10-6;1-4(2)3/h2-5H,1H3;4H,(H2,1,2,3). The maximum atomic E-state index is 8.74. The zero-order valence-corrected chi connectivity index (χ0v) is 9.28. The number of thiazole rings is 1. The molecule has 76 valence electrons. The van der Waals surface area contributed by atoms with E-state index in [-0.39, 0.29) is 0 Å². The largest absolute Gasteiger partial charge is 0.326 e. The van der Waals surface area contributed by atoms with Crippen LogP contribution in [0.1, 0.15) is 5.01 Å². The molecule has 1 aromatic heterocycles. The minimum Gasteiger partial charge on any atom is -0.326 e. The Kier molecular flexibility index (Phi) is 4.22. The van der Waals surface area contributed by atoms with Crippen molar-refractivity contribution in [1.82, 2.24) is 4.98 Å². The van der Waals surface area contributed by atoms with E-state index in [1.165, 1.54) is 4.70 Å². The van der Waals surface area contributed by atoms with E-state index < -0.39 is 8.25 Å². The molecule has 6 heteroatoms. The third kappa shape index (κ3) is 3.55. The quantitative estimate of drug-likeness (QED) is 0.680. The Morgan fingerprint density at radius 3 is 2.50 bits per heavy atom. The average molecular weight is 231 g/mol. The maximum Gasteiger partial charge on any atom is 0.314 e. The number of aryl methyl sites for hydroxylation is 1. The van der Waals surface area contributed by atoms with Crippen LogP contribution in [0.3, 0.4) is 0 Å². The number of benzene rings is 1. The van der Waals surface area contributed by atoms with Crippen LogP contribution < -0.4 is 0 Å². The van der Waals surface area contributed by atoms with Crippen LogP contribution in [-0.2, 0) is 4.57 Å². The van der Waals surface area contributed by atoms with E-state index in [0.717, 1.165) is 10.5 Å². The highest BCUT2D eigenvalue weighted by Crippen LogP contribution is 2.19. The number of aromatic nitrogens is 1. The van der Waals surface area contributed by atoms with E-state index in [0.29, 0.717) is 0 Å². The molecule has 0 saturated heterocycles. The number of fused-ring (bicyclic) bond motifs is 1. The molecule has 2 N–H and O–H groups in total. The van der Waals surface area contributed by atoms with Crippen molar-refractivity contribution in [1.29, 1.82) is 0 Å². The second kappa shape index (κ2) is 5.22. The monoisotopic (exact) mass is 231 g/mol. The lowest BCUT2D eigenvalue weighted by Gasteiger charge is -1.80. The molecule has 1 heterocycles. The molecule has 4 nitrogen and oxygen atoms in total. The molecule has 14 heavy (non-hydrogen) atoms. The van der Waals surface area contributed by atoms with E-state index in [4.69, 9.17) is 14.4 Å². The number of hydrogen-bond donors (Lipinski definition) is 2. The van der Waals surface area contributed by atoms with Gasteiger partial charge in [0.25, 0.3) is 0 Å². The van der Waals surface area contributed by atoms with Gasteiger partial charge in [0.2, 0.25) is 0 Å². The van der Waals surface area contributed by atoms with Crippen LogP contribution in [0.15, 0.2) is 24.3 Å². The van der Waals surface area contributed by atoms with Gasteiger partial charge < -0.3 is 9.79 Å². The lowest BCUT2D eigenvalue weighted by Crippen LogP contribution is -1.65. The highest BCUT2D eigenvalue weighted by atomic mass is 32.1. The molecule has 0 unspecified atom stereocenters. The lowest BCUT2D eigenvalue weighted by atomic mass is 10.3. The van der Waals surface area contributed by atoms with Gasteiger partial charge in [-0.15, -0.1) is 11.3 Å². The molecule has 0 aliphatic heterocycles. The smallest absolute Gasteiger partial charge is 0.314 e. The summed E-state index contributed by atoms with van der Waals surface area (Å²) in [6, 6.07) is 8.19. The van der Waals surface area contributed by atoms with Crippen LogP contribution in [0.5, 0.6) is 0 Å². The van der Waals surface area contributed by atoms with Crippen molar-refractivity contribution in [2.75, 3.05) is 0 Å². The first kappa shape index (κ1) is 11.3. The SMILES string of the molecule is Cc1nc2ccccc2s1.O=[PH](O)O. The molecule has 2 rings (SSSR count). The number of hydrogen-bond acceptors (Lipinski definition) is 3. The van der Waals surface area contributed by atoms with Gasteiger partial charge in [0.15, 0.2) is 0 Å². The van der Waals surface area contributed by atoms with E-state index in [9.17, 15) is 0 Å². The van der Waals surface area contributed by atoms with Crippen molar-refractivity contribution < 1.29 is 14.4 Å². The van der Waals surface area contributed by atoms with E-state index in [2.05, 4.69) is 11.1 Å². The third-order valence-corrected chi connectivity index (χ3v) is 2.35. The van der Waals surface area contributed by atoms with Crippen LogP contribution >= 0.6 is 19.6 Å². The van der Waals surface area contributed by atoms with Gasteiger partial charge in [0.1, 0.15) is 0 Å². The maximum absolute atomic E-state index is 8.74. The summed E-state index contributed by atoms with van der Waals surface area (Å²) >= 11 is 1.74. The van der Waals surface area contributed by atoms with Crippen LogP contribution in [0.25, 0.3) is 10.2 Å². The number of nitrogens with zero attached hydrogens (tertiary/aromatic N) is 1. The Bertz CT molecular complexity index is 406. The van der Waals surface area contributed by atoms with Crippen molar-refractivity contribution in [2.24, 2.45) is 0 Å². The Morgan fingerprint density at radius 2 is 1.93 bits per heavy atom. The Labute approximate surface area is 85.8 Å². The second-order valence-corrected chi connectivity index (χ2v) is 4.28. The molecular weight excluding hydrogens is 221 g/mol. The summed E-state index contributed by atoms with van der Waals surface area (Å²) in [5, 5.41) is 1.14. The van der Waals surface area contributed by atoms with Gasteiger partial charge in [0.05, 0.1) is 15.2 Å². The minimum absolute atomic E-state index is 1.12. The summed E-state index contributed by atoms with van der Waals surface area (Å²) in [5.74, 6) is 0. The molecule has 0 amide bonds. The van der Waals surface area contributed by atoms with Crippen molar-refractivity contribution in [3.05, 3.63) is 29.3 Å². The zero-order chi connectivity index (χ0) is 10.6. The van der Waals surface area contributed by atoms with Gasteiger partial charge >= 0.3 is 8.25 Å². The first-order valence-corrected chi connectivity index (χ1v) is 5.95. The van der Waals surface area contributed by atoms with Crippen LogP contribution in [0.4, 0.5) is 0 Å². The van der Waals surface area contributed by atoms with Gasteiger partial charge in [0, 0.05) is 0 Å². The fourth-order valence-corrected chi connectivity index (χ4v) is 1.81. The lowest BCUT2D eigenvalue weighted by molar-refractivity contribution is 0.405. The fraction of sp³-hybridized carbons (Fsp3) is 0.125. The van der Waals surface area contributed by atoms with Crippen LogP contribution in [0, 0.1) is 6.92 Å². The molecule has 1 aromatic carbocycles. The molecule has 0 atom stereocenters. The Hall–Kier alpha value is -0.740. The predicted octanol–water partition coefficient (Wildman–Crippen LogP) is 1.97. The highest BCUT2D eigenvalue weighted by molar-refractivity contribution is 7.30. The van der Waals surface area contributed by atoms with Crippen LogP contribution in [-0.4, -0.2) is 14.8 Å². The first-order valence-electron chi connectivity index (χ1n) is 3.83. The predicted molar refractivity (Wildman–Crippen MR) is 57.8 cm³/mol. The van der Waals surface area contributed by atoms with Gasteiger partial charge in [-0.25, -0.2) is 4.98 Å².